The van der Waals surface area contributed by atoms with Crippen LogP contribution in [0.25, 0.3) is 0 Å². The number of benzene rings is 1. The summed E-state index contributed by atoms with van der Waals surface area (Å²) in [5, 5.41) is 5.84. The van der Waals surface area contributed by atoms with Gasteiger partial charge in [0, 0.05) is 34.5 Å². The van der Waals surface area contributed by atoms with Crippen LogP contribution < -0.4 is 10.6 Å². The molecule has 1 rings (SSSR count). The summed E-state index contributed by atoms with van der Waals surface area (Å²) in [6, 6.07) is 7.72. The summed E-state index contributed by atoms with van der Waals surface area (Å²) >= 11 is 0. The van der Waals surface area contributed by atoms with Crippen LogP contribution in [0.5, 0.6) is 0 Å². The minimum absolute atomic E-state index is 0.0691. The lowest BCUT2D eigenvalue weighted by Crippen LogP contribution is -2.37. The van der Waals surface area contributed by atoms with Gasteiger partial charge in [0.25, 0.3) is 0 Å². The van der Waals surface area contributed by atoms with E-state index >= 15 is 0 Å². The molecule has 1 amide bonds. The van der Waals surface area contributed by atoms with Crippen molar-refractivity contribution in [2.24, 2.45) is 0 Å². The van der Waals surface area contributed by atoms with Gasteiger partial charge in [0.05, 0.1) is 6.54 Å². The van der Waals surface area contributed by atoms with Crippen molar-refractivity contribution in [3.63, 3.8) is 0 Å². The molecule has 0 aliphatic heterocycles. The van der Waals surface area contributed by atoms with Gasteiger partial charge in [0.1, 0.15) is 0 Å². The molecule has 0 aliphatic carbocycles. The van der Waals surface area contributed by atoms with Crippen LogP contribution in [0.1, 0.15) is 12.5 Å². The van der Waals surface area contributed by atoms with Gasteiger partial charge in [0.2, 0.25) is 5.91 Å². The minimum atomic E-state index is -0.845. The molecule has 100 valence electrons. The number of hydrogen-bond donors (Lipinski definition) is 2. The van der Waals surface area contributed by atoms with E-state index in [2.05, 4.69) is 10.6 Å². The van der Waals surface area contributed by atoms with Gasteiger partial charge in [-0.25, -0.2) is 0 Å². The van der Waals surface area contributed by atoms with Gasteiger partial charge in [-0.15, -0.1) is 0 Å². The molecule has 0 bridgehead atoms. The Hall–Kier alpha value is -1.20. The maximum absolute atomic E-state index is 11.6. The zero-order valence-electron chi connectivity index (χ0n) is 11.0. The largest absolute Gasteiger partial charge is 0.325 e. The number of rotatable bonds is 6. The second-order valence-electron chi connectivity index (χ2n) is 4.44. The van der Waals surface area contributed by atoms with Crippen LogP contribution in [0.2, 0.25) is 0 Å². The van der Waals surface area contributed by atoms with E-state index in [1.54, 1.807) is 6.26 Å². The van der Waals surface area contributed by atoms with Gasteiger partial charge < -0.3 is 10.6 Å². The molecule has 5 heteroatoms. The number of hydrogen-bond acceptors (Lipinski definition) is 3. The van der Waals surface area contributed by atoms with Crippen molar-refractivity contribution in [2.75, 3.05) is 23.9 Å². The Morgan fingerprint density at radius 3 is 2.50 bits per heavy atom. The van der Waals surface area contributed by atoms with Crippen molar-refractivity contribution < 1.29 is 9.00 Å². The summed E-state index contributed by atoms with van der Waals surface area (Å²) in [5.41, 5.74) is 1.95. The predicted molar refractivity (Wildman–Crippen MR) is 76.2 cm³/mol. The maximum atomic E-state index is 11.6. The average Bonchev–Trinajstić information content (AvgIpc) is 2.29. The molecule has 0 aromatic heterocycles. The van der Waals surface area contributed by atoms with Crippen LogP contribution >= 0.6 is 0 Å². The Balaban J connectivity index is 2.33. The number of aryl methyl sites for hydroxylation is 1. The monoisotopic (exact) mass is 268 g/mol. The summed E-state index contributed by atoms with van der Waals surface area (Å²) in [4.78, 5) is 11.6. The van der Waals surface area contributed by atoms with E-state index in [0.29, 0.717) is 5.75 Å². The smallest absolute Gasteiger partial charge is 0.238 e. The number of anilines is 1. The third-order valence-corrected chi connectivity index (χ3v) is 3.40. The zero-order valence-corrected chi connectivity index (χ0v) is 11.8. The number of carbonyl (C=O) groups is 1. The first-order valence-corrected chi connectivity index (χ1v) is 7.60. The predicted octanol–water partition coefficient (Wildman–Crippen LogP) is 1.29. The van der Waals surface area contributed by atoms with Gasteiger partial charge in [-0.3, -0.25) is 9.00 Å². The van der Waals surface area contributed by atoms with E-state index in [-0.39, 0.29) is 18.5 Å². The standard InChI is InChI=1S/C13H20N2O2S/c1-10-4-6-12(7-5-10)15-13(16)8-14-11(2)9-18(3)17/h4-7,11,14H,8-9H2,1-3H3,(H,15,16). The molecule has 0 radical (unpaired) electrons. The number of nitrogens with one attached hydrogen (secondary N) is 2. The normalized spacial score (nSPS) is 13.9. The van der Waals surface area contributed by atoms with Crippen LogP contribution in [-0.4, -0.2) is 34.7 Å². The van der Waals surface area contributed by atoms with Crippen molar-refractivity contribution in [2.45, 2.75) is 19.9 Å². The van der Waals surface area contributed by atoms with Crippen molar-refractivity contribution in [1.29, 1.82) is 0 Å². The van der Waals surface area contributed by atoms with Crippen molar-refractivity contribution in [1.82, 2.24) is 5.32 Å². The first-order chi connectivity index (χ1) is 8.47. The number of amides is 1. The fourth-order valence-electron chi connectivity index (χ4n) is 1.52. The summed E-state index contributed by atoms with van der Waals surface area (Å²) in [6.45, 7) is 4.15. The number of carbonyl (C=O) groups excluding carboxylic acids is 1. The first-order valence-electron chi connectivity index (χ1n) is 5.87. The summed E-state index contributed by atoms with van der Waals surface area (Å²) < 4.78 is 11.0. The van der Waals surface area contributed by atoms with Crippen molar-refractivity contribution >= 4 is 22.4 Å². The summed E-state index contributed by atoms with van der Waals surface area (Å²) in [5.74, 6) is 0.463. The molecule has 18 heavy (non-hydrogen) atoms. The molecule has 0 fully saturated rings. The molecule has 0 heterocycles. The molecule has 1 aromatic carbocycles. The maximum Gasteiger partial charge on any atom is 0.238 e. The highest BCUT2D eigenvalue weighted by atomic mass is 32.2. The lowest BCUT2D eigenvalue weighted by molar-refractivity contribution is -0.115. The van der Waals surface area contributed by atoms with E-state index in [1.807, 2.05) is 38.1 Å². The van der Waals surface area contributed by atoms with E-state index in [9.17, 15) is 9.00 Å². The third kappa shape index (κ3) is 5.93. The molecule has 4 nitrogen and oxygen atoms in total. The SMILES string of the molecule is Cc1ccc(NC(=O)CNC(C)CS(C)=O)cc1. The van der Waals surface area contributed by atoms with Gasteiger partial charge >= 0.3 is 0 Å². The highest BCUT2D eigenvalue weighted by Crippen LogP contribution is 2.07. The van der Waals surface area contributed by atoms with E-state index in [1.165, 1.54) is 0 Å². The topological polar surface area (TPSA) is 58.2 Å². The third-order valence-electron chi connectivity index (χ3n) is 2.43. The fraction of sp³-hybridized carbons (Fsp3) is 0.462. The van der Waals surface area contributed by atoms with Crippen LogP contribution in [-0.2, 0) is 15.6 Å². The van der Waals surface area contributed by atoms with Crippen molar-refractivity contribution in [3.05, 3.63) is 29.8 Å². The Morgan fingerprint density at radius 1 is 1.33 bits per heavy atom. The molecule has 1 aromatic rings. The lowest BCUT2D eigenvalue weighted by Gasteiger charge is -2.12. The fourth-order valence-corrected chi connectivity index (χ4v) is 2.34. The quantitative estimate of drug-likeness (QED) is 0.817. The highest BCUT2D eigenvalue weighted by molar-refractivity contribution is 7.84. The molecule has 0 saturated heterocycles. The Bertz CT molecular complexity index is 418. The average molecular weight is 268 g/mol. The van der Waals surface area contributed by atoms with Crippen LogP contribution in [0.4, 0.5) is 5.69 Å². The molecule has 0 aliphatic rings. The zero-order chi connectivity index (χ0) is 13.5. The molecular weight excluding hydrogens is 248 g/mol. The molecular formula is C13H20N2O2S. The molecule has 2 atom stereocenters. The van der Waals surface area contributed by atoms with Gasteiger partial charge in [-0.1, -0.05) is 17.7 Å². The second kappa shape index (κ2) is 7.28. The first kappa shape index (κ1) is 14.9. The van der Waals surface area contributed by atoms with Crippen LogP contribution in [0, 0.1) is 6.92 Å². The highest BCUT2D eigenvalue weighted by Gasteiger charge is 2.07. The van der Waals surface area contributed by atoms with Gasteiger partial charge in [0.15, 0.2) is 0 Å². The Kier molecular flexibility index (Phi) is 6.01. The van der Waals surface area contributed by atoms with Gasteiger partial charge in [-0.2, -0.15) is 0 Å². The lowest BCUT2D eigenvalue weighted by atomic mass is 10.2. The minimum Gasteiger partial charge on any atom is -0.325 e. The summed E-state index contributed by atoms with van der Waals surface area (Å²) in [6.07, 6.45) is 1.66. The molecule has 2 unspecified atom stereocenters. The van der Waals surface area contributed by atoms with E-state index < -0.39 is 10.8 Å². The molecule has 0 spiro atoms. The van der Waals surface area contributed by atoms with Crippen LogP contribution in [0.15, 0.2) is 24.3 Å². The Morgan fingerprint density at radius 2 is 1.94 bits per heavy atom. The van der Waals surface area contributed by atoms with Crippen LogP contribution in [0.3, 0.4) is 0 Å². The second-order valence-corrected chi connectivity index (χ2v) is 5.92. The van der Waals surface area contributed by atoms with E-state index in [4.69, 9.17) is 0 Å². The summed E-state index contributed by atoms with van der Waals surface area (Å²) in [7, 11) is -0.845. The molecule has 2 N–H and O–H groups in total. The Labute approximate surface area is 111 Å². The van der Waals surface area contributed by atoms with Crippen molar-refractivity contribution in [3.8, 4) is 0 Å². The molecule has 0 saturated carbocycles. The van der Waals surface area contributed by atoms with Gasteiger partial charge in [-0.05, 0) is 26.0 Å². The van der Waals surface area contributed by atoms with E-state index in [0.717, 1.165) is 11.3 Å².